The van der Waals surface area contributed by atoms with Crippen LogP contribution in [0.2, 0.25) is 0 Å². The molecule has 6 heteroatoms. The van der Waals surface area contributed by atoms with Crippen molar-refractivity contribution in [3.8, 4) is 5.75 Å². The van der Waals surface area contributed by atoms with Gasteiger partial charge in [-0.05, 0) is 78.6 Å². The Kier molecular flexibility index (Phi) is 7.86. The lowest BCUT2D eigenvalue weighted by Gasteiger charge is -2.23. The molecule has 0 aliphatic rings. The van der Waals surface area contributed by atoms with Gasteiger partial charge in [0.25, 0.3) is 5.91 Å². The van der Waals surface area contributed by atoms with E-state index in [4.69, 9.17) is 4.74 Å². The number of hydrazine groups is 1. The molecule has 0 bridgehead atoms. The van der Waals surface area contributed by atoms with E-state index in [2.05, 4.69) is 39.5 Å². The normalized spacial score (nSPS) is 11.0. The number of rotatable bonds is 7. The standard InChI is InChI=1S/C22H27IN2O3/c1-15-10-11-16(2)19(14-15)28-13-7-12-22(3,4)21(27)25-24-20(26)17-8-5-6-9-18(17)23/h5-6,8-11,14H,7,12-13H2,1-4H3,(H,24,26)(H,25,27). The van der Waals surface area contributed by atoms with Crippen molar-refractivity contribution in [3.05, 3.63) is 62.7 Å². The van der Waals surface area contributed by atoms with Gasteiger partial charge in [0, 0.05) is 8.99 Å². The largest absolute Gasteiger partial charge is 0.493 e. The Morgan fingerprint density at radius 3 is 2.50 bits per heavy atom. The van der Waals surface area contributed by atoms with Crippen LogP contribution in [-0.2, 0) is 4.79 Å². The topological polar surface area (TPSA) is 67.4 Å². The summed E-state index contributed by atoms with van der Waals surface area (Å²) in [6, 6.07) is 13.3. The lowest BCUT2D eigenvalue weighted by atomic mass is 9.87. The smallest absolute Gasteiger partial charge is 0.270 e. The Morgan fingerprint density at radius 2 is 1.79 bits per heavy atom. The Bertz CT molecular complexity index is 849. The van der Waals surface area contributed by atoms with Crippen LogP contribution in [0.4, 0.5) is 0 Å². The molecule has 2 N–H and O–H groups in total. The van der Waals surface area contributed by atoms with E-state index in [0.717, 1.165) is 26.9 Å². The van der Waals surface area contributed by atoms with Gasteiger partial charge in [-0.2, -0.15) is 0 Å². The van der Waals surface area contributed by atoms with Gasteiger partial charge in [0.2, 0.25) is 5.91 Å². The maximum Gasteiger partial charge on any atom is 0.270 e. The molecule has 2 rings (SSSR count). The lowest BCUT2D eigenvalue weighted by Crippen LogP contribution is -2.47. The number of aryl methyl sites for hydroxylation is 2. The van der Waals surface area contributed by atoms with Crippen molar-refractivity contribution < 1.29 is 14.3 Å². The van der Waals surface area contributed by atoms with E-state index >= 15 is 0 Å². The van der Waals surface area contributed by atoms with E-state index in [1.165, 1.54) is 0 Å². The van der Waals surface area contributed by atoms with E-state index in [1.54, 1.807) is 12.1 Å². The molecular formula is C22H27IN2O3. The Labute approximate surface area is 180 Å². The number of hydrogen-bond acceptors (Lipinski definition) is 3. The Morgan fingerprint density at radius 1 is 1.07 bits per heavy atom. The minimum absolute atomic E-state index is 0.224. The lowest BCUT2D eigenvalue weighted by molar-refractivity contribution is -0.130. The van der Waals surface area contributed by atoms with E-state index in [9.17, 15) is 9.59 Å². The summed E-state index contributed by atoms with van der Waals surface area (Å²) in [5, 5.41) is 0. The first-order chi connectivity index (χ1) is 13.2. The van der Waals surface area contributed by atoms with Crippen LogP contribution in [0.1, 0.15) is 48.2 Å². The van der Waals surface area contributed by atoms with Gasteiger partial charge >= 0.3 is 0 Å². The number of carbonyl (C=O) groups excluding carboxylic acids is 2. The van der Waals surface area contributed by atoms with Crippen molar-refractivity contribution >= 4 is 34.4 Å². The third-order valence-electron chi connectivity index (χ3n) is 4.57. The molecule has 0 aliphatic carbocycles. The van der Waals surface area contributed by atoms with Crippen molar-refractivity contribution in [2.24, 2.45) is 5.41 Å². The van der Waals surface area contributed by atoms with Crippen LogP contribution in [0.25, 0.3) is 0 Å². The number of halogens is 1. The number of amides is 2. The SMILES string of the molecule is Cc1ccc(C)c(OCCCC(C)(C)C(=O)NNC(=O)c2ccccc2I)c1. The van der Waals surface area contributed by atoms with Crippen molar-refractivity contribution in [1.29, 1.82) is 0 Å². The van der Waals surface area contributed by atoms with E-state index in [1.807, 2.05) is 52.0 Å². The molecule has 0 saturated heterocycles. The number of hydrogen-bond donors (Lipinski definition) is 2. The van der Waals surface area contributed by atoms with Gasteiger partial charge in [-0.1, -0.05) is 38.1 Å². The molecule has 2 aromatic carbocycles. The van der Waals surface area contributed by atoms with Crippen molar-refractivity contribution in [2.45, 2.75) is 40.5 Å². The van der Waals surface area contributed by atoms with Gasteiger partial charge in [-0.25, -0.2) is 0 Å². The van der Waals surface area contributed by atoms with Crippen LogP contribution in [0.15, 0.2) is 42.5 Å². The highest BCUT2D eigenvalue weighted by Crippen LogP contribution is 2.24. The number of carbonyl (C=O) groups is 2. The highest BCUT2D eigenvalue weighted by molar-refractivity contribution is 14.1. The third kappa shape index (κ3) is 6.22. The van der Waals surface area contributed by atoms with E-state index in [-0.39, 0.29) is 11.8 Å². The average molecular weight is 494 g/mol. The van der Waals surface area contributed by atoms with Gasteiger partial charge in [-0.15, -0.1) is 0 Å². The summed E-state index contributed by atoms with van der Waals surface area (Å²) in [5.41, 5.74) is 7.20. The third-order valence-corrected chi connectivity index (χ3v) is 5.51. The van der Waals surface area contributed by atoms with Crippen molar-refractivity contribution in [3.63, 3.8) is 0 Å². The number of ether oxygens (including phenoxy) is 1. The molecule has 0 atom stereocenters. The predicted octanol–water partition coefficient (Wildman–Crippen LogP) is 4.55. The monoisotopic (exact) mass is 494 g/mol. The first kappa shape index (κ1) is 22.2. The van der Waals surface area contributed by atoms with Crippen LogP contribution in [0, 0.1) is 22.8 Å². The molecule has 0 aliphatic heterocycles. The molecule has 0 fully saturated rings. The van der Waals surface area contributed by atoms with Crippen molar-refractivity contribution in [2.75, 3.05) is 6.61 Å². The van der Waals surface area contributed by atoms with Crippen LogP contribution in [0.3, 0.4) is 0 Å². The molecule has 0 saturated carbocycles. The summed E-state index contributed by atoms with van der Waals surface area (Å²) in [5.74, 6) is 0.331. The summed E-state index contributed by atoms with van der Waals surface area (Å²) in [7, 11) is 0. The fourth-order valence-corrected chi connectivity index (χ4v) is 3.30. The van der Waals surface area contributed by atoms with Crippen molar-refractivity contribution in [1.82, 2.24) is 10.9 Å². The second-order valence-corrected chi connectivity index (χ2v) is 8.66. The summed E-state index contributed by atoms with van der Waals surface area (Å²) >= 11 is 2.09. The van der Waals surface area contributed by atoms with Crippen LogP contribution >= 0.6 is 22.6 Å². The molecule has 28 heavy (non-hydrogen) atoms. The zero-order valence-electron chi connectivity index (χ0n) is 16.8. The zero-order valence-corrected chi connectivity index (χ0v) is 18.9. The fraction of sp³-hybridized carbons (Fsp3) is 0.364. The molecule has 150 valence electrons. The molecule has 0 unspecified atom stereocenters. The summed E-state index contributed by atoms with van der Waals surface area (Å²) in [6.07, 6.45) is 1.38. The van der Waals surface area contributed by atoms with Gasteiger partial charge in [0.1, 0.15) is 5.75 Å². The maximum atomic E-state index is 12.5. The minimum atomic E-state index is -0.623. The molecule has 0 heterocycles. The first-order valence-electron chi connectivity index (χ1n) is 9.26. The molecule has 0 aromatic heterocycles. The highest BCUT2D eigenvalue weighted by Gasteiger charge is 2.27. The van der Waals surface area contributed by atoms with E-state index in [0.29, 0.717) is 18.6 Å². The van der Waals surface area contributed by atoms with Gasteiger partial charge in [0.05, 0.1) is 12.2 Å². The molecule has 0 radical (unpaired) electrons. The van der Waals surface area contributed by atoms with Gasteiger partial charge in [0.15, 0.2) is 0 Å². The quantitative estimate of drug-likeness (QED) is 0.337. The van der Waals surface area contributed by atoms with Crippen LogP contribution in [0.5, 0.6) is 5.75 Å². The second kappa shape index (κ2) is 9.91. The molecule has 5 nitrogen and oxygen atoms in total. The molecular weight excluding hydrogens is 467 g/mol. The zero-order chi connectivity index (χ0) is 20.7. The van der Waals surface area contributed by atoms with Gasteiger partial charge in [-0.3, -0.25) is 20.4 Å². The fourth-order valence-electron chi connectivity index (χ4n) is 2.67. The maximum absolute atomic E-state index is 12.5. The average Bonchev–Trinajstić information content (AvgIpc) is 2.66. The van der Waals surface area contributed by atoms with Gasteiger partial charge < -0.3 is 4.74 Å². The summed E-state index contributed by atoms with van der Waals surface area (Å²) < 4.78 is 6.69. The number of nitrogens with one attached hydrogen (secondary N) is 2. The highest BCUT2D eigenvalue weighted by atomic mass is 127. The second-order valence-electron chi connectivity index (χ2n) is 7.49. The number of benzene rings is 2. The first-order valence-corrected chi connectivity index (χ1v) is 10.3. The van der Waals surface area contributed by atoms with Crippen LogP contribution in [-0.4, -0.2) is 18.4 Å². The Hall–Kier alpha value is -2.09. The minimum Gasteiger partial charge on any atom is -0.493 e. The molecule has 2 aromatic rings. The summed E-state index contributed by atoms with van der Waals surface area (Å²) in [4.78, 5) is 24.7. The van der Waals surface area contributed by atoms with Crippen LogP contribution < -0.4 is 15.6 Å². The summed E-state index contributed by atoms with van der Waals surface area (Å²) in [6.45, 7) is 8.31. The molecule has 0 spiro atoms. The predicted molar refractivity (Wildman–Crippen MR) is 119 cm³/mol. The van der Waals surface area contributed by atoms with E-state index < -0.39 is 5.41 Å². The molecule has 2 amide bonds. The Balaban J connectivity index is 1.79.